The summed E-state index contributed by atoms with van der Waals surface area (Å²) >= 11 is 0. The topological polar surface area (TPSA) is 89.9 Å². The molecule has 2 aliphatic rings. The Morgan fingerprint density at radius 3 is 2.29 bits per heavy atom. The fraction of sp³-hybridized carbons (Fsp3) is 0.417. The molecule has 2 fully saturated rings. The quantitative estimate of drug-likeness (QED) is 0.572. The number of halogens is 4. The Hall–Kier alpha value is -2.98. The fourth-order valence-corrected chi connectivity index (χ4v) is 4.89. The van der Waals surface area contributed by atoms with Gasteiger partial charge in [0.05, 0.1) is 17.8 Å². The van der Waals surface area contributed by atoms with E-state index < -0.39 is 59.2 Å². The van der Waals surface area contributed by atoms with Gasteiger partial charge in [-0.25, -0.2) is 8.78 Å². The van der Waals surface area contributed by atoms with Crippen LogP contribution in [0.4, 0.5) is 23.2 Å². The number of benzene rings is 2. The summed E-state index contributed by atoms with van der Waals surface area (Å²) in [5.41, 5.74) is -2.50. The number of piperidine rings is 1. The summed E-state index contributed by atoms with van der Waals surface area (Å²) in [6.07, 6.45) is 0.668. The third kappa shape index (κ3) is 4.27. The molecule has 0 aliphatic carbocycles. The summed E-state index contributed by atoms with van der Waals surface area (Å²) in [6.45, 7) is 0.944. The van der Waals surface area contributed by atoms with E-state index in [0.717, 1.165) is 17.0 Å². The van der Waals surface area contributed by atoms with Gasteiger partial charge < -0.3 is 20.4 Å². The second kappa shape index (κ2) is 8.66. The number of rotatable bonds is 5. The average molecular weight is 480 g/mol. The van der Waals surface area contributed by atoms with Gasteiger partial charge in [0.25, 0.3) is 11.8 Å². The van der Waals surface area contributed by atoms with Crippen LogP contribution in [0.15, 0.2) is 36.4 Å². The van der Waals surface area contributed by atoms with Crippen molar-refractivity contribution in [3.05, 3.63) is 64.7 Å². The van der Waals surface area contributed by atoms with Gasteiger partial charge in [0.15, 0.2) is 0 Å². The number of hydrogen-bond acceptors (Lipinski definition) is 4. The number of aliphatic hydroxyl groups excluding tert-OH is 1. The lowest BCUT2D eigenvalue weighted by Gasteiger charge is -2.44. The molecule has 0 saturated carbocycles. The second-order valence-corrected chi connectivity index (χ2v) is 9.08. The molecule has 2 aliphatic heterocycles. The lowest BCUT2D eigenvalue weighted by atomic mass is 9.86. The number of nitrogens with one attached hydrogen (secondary N) is 1. The molecule has 182 valence electrons. The molecule has 0 spiro atoms. The van der Waals surface area contributed by atoms with Crippen LogP contribution in [-0.4, -0.2) is 51.2 Å². The van der Waals surface area contributed by atoms with Gasteiger partial charge in [-0.1, -0.05) is 0 Å². The number of aryl methyl sites for hydroxylation is 1. The molecule has 10 heteroatoms. The van der Waals surface area contributed by atoms with Crippen LogP contribution in [0.2, 0.25) is 0 Å². The predicted octanol–water partition coefficient (Wildman–Crippen LogP) is 3.49. The first-order chi connectivity index (χ1) is 15.9. The van der Waals surface area contributed by atoms with Gasteiger partial charge in [0.2, 0.25) is 0 Å². The maximum absolute atomic E-state index is 15.3. The minimum atomic E-state index is -4.26. The van der Waals surface area contributed by atoms with Crippen LogP contribution >= 0.6 is 0 Å². The minimum Gasteiger partial charge on any atom is -0.393 e. The molecule has 0 aromatic heterocycles. The molecule has 3 atom stereocenters. The van der Waals surface area contributed by atoms with Crippen molar-refractivity contribution in [1.29, 1.82) is 0 Å². The Balaban J connectivity index is 1.58. The summed E-state index contributed by atoms with van der Waals surface area (Å²) in [4.78, 5) is 26.5. The molecule has 34 heavy (non-hydrogen) atoms. The van der Waals surface area contributed by atoms with E-state index in [1.54, 1.807) is 0 Å². The highest BCUT2D eigenvalue weighted by Crippen LogP contribution is 2.44. The van der Waals surface area contributed by atoms with Gasteiger partial charge in [0.1, 0.15) is 11.6 Å². The van der Waals surface area contributed by atoms with Crippen LogP contribution in [0.25, 0.3) is 0 Å². The van der Waals surface area contributed by atoms with E-state index in [0.29, 0.717) is 25.0 Å². The molecule has 1 unspecified atom stereocenters. The van der Waals surface area contributed by atoms with Crippen molar-refractivity contribution in [2.45, 2.75) is 56.2 Å². The molecular weight excluding hydrogens is 456 g/mol. The van der Waals surface area contributed by atoms with Crippen LogP contribution < -0.4 is 5.32 Å². The van der Waals surface area contributed by atoms with E-state index in [1.807, 2.05) is 0 Å². The number of aliphatic hydroxyl groups is 2. The smallest absolute Gasteiger partial charge is 0.352 e. The highest BCUT2D eigenvalue weighted by Gasteiger charge is 2.55. The Bertz CT molecular complexity index is 1130. The van der Waals surface area contributed by atoms with Gasteiger partial charge >= 0.3 is 5.92 Å². The molecule has 2 bridgehead atoms. The van der Waals surface area contributed by atoms with Crippen molar-refractivity contribution < 1.29 is 37.4 Å². The molecule has 2 heterocycles. The molecule has 2 amide bonds. The molecular formula is C24H24F4N2O4. The van der Waals surface area contributed by atoms with E-state index in [1.165, 1.54) is 19.1 Å². The number of alkyl halides is 2. The lowest BCUT2D eigenvalue weighted by Crippen LogP contribution is -2.57. The summed E-state index contributed by atoms with van der Waals surface area (Å²) in [5.74, 6) is -8.53. The lowest BCUT2D eigenvalue weighted by molar-refractivity contribution is -0.170. The van der Waals surface area contributed by atoms with E-state index >= 15 is 8.78 Å². The first-order valence-corrected chi connectivity index (χ1v) is 10.9. The predicted molar refractivity (Wildman–Crippen MR) is 114 cm³/mol. The van der Waals surface area contributed by atoms with E-state index in [-0.39, 0.29) is 29.7 Å². The van der Waals surface area contributed by atoms with Gasteiger partial charge in [-0.2, -0.15) is 8.78 Å². The second-order valence-electron chi connectivity index (χ2n) is 9.08. The van der Waals surface area contributed by atoms with E-state index in [2.05, 4.69) is 5.32 Å². The van der Waals surface area contributed by atoms with Crippen molar-refractivity contribution in [1.82, 2.24) is 4.90 Å². The third-order valence-corrected chi connectivity index (χ3v) is 6.63. The Morgan fingerprint density at radius 1 is 1.09 bits per heavy atom. The number of carbonyl (C=O) groups is 2. The summed E-state index contributed by atoms with van der Waals surface area (Å²) < 4.78 is 58.5. The highest BCUT2D eigenvalue weighted by molar-refractivity contribution is 6.04. The van der Waals surface area contributed by atoms with E-state index in [9.17, 15) is 28.6 Å². The average Bonchev–Trinajstić information content (AvgIpc) is 3.07. The zero-order valence-electron chi connectivity index (χ0n) is 18.3. The van der Waals surface area contributed by atoms with Crippen molar-refractivity contribution in [2.24, 2.45) is 0 Å². The molecule has 2 saturated heterocycles. The maximum Gasteiger partial charge on any atom is 0.352 e. The third-order valence-electron chi connectivity index (χ3n) is 6.63. The van der Waals surface area contributed by atoms with Gasteiger partial charge in [-0.3, -0.25) is 9.59 Å². The Morgan fingerprint density at radius 2 is 1.71 bits per heavy atom. The SMILES string of the molecule is Cc1cc(NC(=O)c2ccc(F)c(C(F)(F)C(=O)N3[C@@H]4CC[C@H]3CC(O)(CO)C4)c2)ccc1F. The standard InChI is InChI=1S/C24H24F4N2O4/c1-13-8-15(3-7-19(13)25)29-21(32)14-2-6-20(26)18(9-14)24(27,28)22(33)30-16-4-5-17(30)11-23(34,10-16)12-31/h2-3,6-9,16-17,31,34H,4-5,10-12H2,1H3,(H,29,32)/t16-,17+,23?. The van der Waals surface area contributed by atoms with Crippen LogP contribution in [0.3, 0.4) is 0 Å². The van der Waals surface area contributed by atoms with Crippen molar-refractivity contribution in [2.75, 3.05) is 11.9 Å². The van der Waals surface area contributed by atoms with Crippen LogP contribution in [0.1, 0.15) is 47.2 Å². The number of amides is 2. The van der Waals surface area contributed by atoms with Crippen molar-refractivity contribution >= 4 is 17.5 Å². The highest BCUT2D eigenvalue weighted by atomic mass is 19.3. The minimum absolute atomic E-state index is 0.0518. The number of nitrogens with zero attached hydrogens (tertiary/aromatic N) is 1. The molecule has 4 rings (SSSR count). The Kier molecular flexibility index (Phi) is 6.15. The largest absolute Gasteiger partial charge is 0.393 e. The maximum atomic E-state index is 15.3. The van der Waals surface area contributed by atoms with Crippen LogP contribution in [0, 0.1) is 18.6 Å². The summed E-state index contributed by atoms with van der Waals surface area (Å²) in [7, 11) is 0. The molecule has 6 nitrogen and oxygen atoms in total. The van der Waals surface area contributed by atoms with Crippen LogP contribution in [0.5, 0.6) is 0 Å². The normalized spacial score (nSPS) is 24.3. The number of carbonyl (C=O) groups excluding carboxylic acids is 2. The first kappa shape index (κ1) is 24.2. The first-order valence-electron chi connectivity index (χ1n) is 10.9. The number of hydrogen-bond donors (Lipinski definition) is 3. The molecule has 0 radical (unpaired) electrons. The molecule has 3 N–H and O–H groups in total. The molecule has 2 aromatic carbocycles. The van der Waals surface area contributed by atoms with Gasteiger partial charge in [0, 0.05) is 23.3 Å². The van der Waals surface area contributed by atoms with E-state index in [4.69, 9.17) is 0 Å². The zero-order valence-corrected chi connectivity index (χ0v) is 18.3. The van der Waals surface area contributed by atoms with Crippen molar-refractivity contribution in [3.63, 3.8) is 0 Å². The molecule has 2 aromatic rings. The zero-order chi connectivity index (χ0) is 24.8. The summed E-state index contributed by atoms with van der Waals surface area (Å²) in [6, 6.07) is 4.72. The fourth-order valence-electron chi connectivity index (χ4n) is 4.89. The summed E-state index contributed by atoms with van der Waals surface area (Å²) in [5, 5.41) is 22.2. The van der Waals surface area contributed by atoms with Crippen molar-refractivity contribution in [3.8, 4) is 0 Å². The van der Waals surface area contributed by atoms with Gasteiger partial charge in [-0.15, -0.1) is 0 Å². The monoisotopic (exact) mass is 480 g/mol. The van der Waals surface area contributed by atoms with Crippen LogP contribution in [-0.2, 0) is 10.7 Å². The Labute approximate surface area is 193 Å². The van der Waals surface area contributed by atoms with Gasteiger partial charge in [-0.05, 0) is 74.6 Å². The number of anilines is 1. The number of fused-ring (bicyclic) bond motifs is 2.